The second kappa shape index (κ2) is 24.3. The molecule has 81 heavy (non-hydrogen) atoms. The fourth-order valence-electron chi connectivity index (χ4n) is 9.83. The zero-order chi connectivity index (χ0) is 56.8. The van der Waals surface area contributed by atoms with Gasteiger partial charge in [-0.25, -0.2) is 19.9 Å². The van der Waals surface area contributed by atoms with Crippen molar-refractivity contribution in [2.75, 3.05) is 36.9 Å². The smallest absolute Gasteiger partial charge is 0.284 e. The van der Waals surface area contributed by atoms with Crippen molar-refractivity contribution in [3.8, 4) is 22.5 Å². The zero-order valence-electron chi connectivity index (χ0n) is 47.3. The van der Waals surface area contributed by atoms with Crippen molar-refractivity contribution in [2.45, 2.75) is 128 Å². The van der Waals surface area contributed by atoms with E-state index in [1.165, 1.54) is 11.1 Å². The number of ketones is 3. The van der Waals surface area contributed by atoms with E-state index in [0.717, 1.165) is 117 Å². The highest BCUT2D eigenvalue weighted by Crippen LogP contribution is 2.37. The van der Waals surface area contributed by atoms with E-state index in [9.17, 15) is 14.4 Å². The number of benzene rings is 2. The average molecular weight is 1100 g/mol. The number of nitrogens with one attached hydrogen (secondary N) is 3. The number of carbonyl (C=O) groups is 3. The molecule has 0 amide bonds. The number of hydrogen-bond acceptors (Lipinski definition) is 20. The van der Waals surface area contributed by atoms with Crippen LogP contribution in [-0.2, 0) is 47.5 Å². The Hall–Kier alpha value is -8.21. The lowest BCUT2D eigenvalue weighted by Gasteiger charge is -2.36. The minimum absolute atomic E-state index is 0.0424. The van der Waals surface area contributed by atoms with Gasteiger partial charge in [0, 0.05) is 99.6 Å². The molecule has 3 aliphatic heterocycles. The fraction of sp³-hybridized carbons (Fsp3) is 0.441. The fourth-order valence-corrected chi connectivity index (χ4v) is 9.83. The summed E-state index contributed by atoms with van der Waals surface area (Å²) in [6.45, 7) is 16.6. The number of ether oxygens (including phenoxy) is 1. The van der Waals surface area contributed by atoms with E-state index in [1.807, 2.05) is 80.2 Å². The molecule has 0 bridgehead atoms. The number of hydrogen-bond donors (Lipinski definition) is 3. The number of carbonyl (C=O) groups excluding carboxylic acids is 3. The van der Waals surface area contributed by atoms with Gasteiger partial charge in [-0.15, -0.1) is 20.4 Å². The van der Waals surface area contributed by atoms with Crippen LogP contribution in [0.5, 0.6) is 0 Å². The molecule has 2 aromatic carbocycles. The summed E-state index contributed by atoms with van der Waals surface area (Å²) in [5.74, 6) is 2.43. The number of nitrogens with zero attached hydrogens (tertiary/aromatic N) is 13. The van der Waals surface area contributed by atoms with Crippen molar-refractivity contribution in [1.82, 2.24) is 70.1 Å². The van der Waals surface area contributed by atoms with Gasteiger partial charge in [0.2, 0.25) is 35.2 Å². The summed E-state index contributed by atoms with van der Waals surface area (Å²) in [7, 11) is 3.72. The number of aryl methyl sites for hydroxylation is 2. The highest BCUT2D eigenvalue weighted by molar-refractivity contribution is 5.92. The Labute approximate surface area is 470 Å². The van der Waals surface area contributed by atoms with Crippen molar-refractivity contribution >= 4 is 40.6 Å². The first-order valence-electron chi connectivity index (χ1n) is 27.6. The highest BCUT2D eigenvalue weighted by Gasteiger charge is 2.34. The van der Waals surface area contributed by atoms with E-state index >= 15 is 0 Å². The van der Waals surface area contributed by atoms with E-state index in [2.05, 4.69) is 103 Å². The summed E-state index contributed by atoms with van der Waals surface area (Å²) in [6.07, 6.45) is 15.9. The van der Waals surface area contributed by atoms with Gasteiger partial charge in [0.25, 0.3) is 11.8 Å². The van der Waals surface area contributed by atoms with Gasteiger partial charge in [-0.3, -0.25) is 28.6 Å². The van der Waals surface area contributed by atoms with Gasteiger partial charge in [-0.05, 0) is 90.7 Å². The molecule has 2 unspecified atom stereocenters. The van der Waals surface area contributed by atoms with Crippen LogP contribution < -0.4 is 16.0 Å². The van der Waals surface area contributed by atoms with E-state index in [1.54, 1.807) is 34.2 Å². The lowest BCUT2D eigenvalue weighted by Crippen LogP contribution is -2.48. The van der Waals surface area contributed by atoms with E-state index in [4.69, 9.17) is 18.6 Å². The number of Topliss-reactive ketones (excluding diaryl/α,β-unsaturated/α-hetero) is 3. The molecule has 2 atom stereocenters. The molecule has 8 aromatic rings. The van der Waals surface area contributed by atoms with Crippen LogP contribution in [0.4, 0.5) is 23.3 Å². The van der Waals surface area contributed by atoms with Gasteiger partial charge in [0.15, 0.2) is 0 Å². The predicted molar refractivity (Wildman–Crippen MR) is 302 cm³/mol. The first-order chi connectivity index (χ1) is 38.9. The first-order valence-corrected chi connectivity index (χ1v) is 27.6. The molecule has 0 spiro atoms. The van der Waals surface area contributed by atoms with Crippen LogP contribution in [0.2, 0.25) is 0 Å². The second-order valence-electron chi connectivity index (χ2n) is 23.2. The summed E-state index contributed by atoms with van der Waals surface area (Å²) < 4.78 is 20.4. The van der Waals surface area contributed by atoms with Crippen molar-refractivity contribution in [1.29, 1.82) is 0 Å². The zero-order valence-corrected chi connectivity index (χ0v) is 47.3. The predicted octanol–water partition coefficient (Wildman–Crippen LogP) is 9.15. The Bertz CT molecular complexity index is 3500. The maximum absolute atomic E-state index is 13.3. The third-order valence-electron chi connectivity index (χ3n) is 14.6. The molecule has 12 rings (SSSR count). The summed E-state index contributed by atoms with van der Waals surface area (Å²) >= 11 is 0. The van der Waals surface area contributed by atoms with Crippen molar-refractivity contribution in [2.24, 2.45) is 14.1 Å². The molecule has 2 fully saturated rings. The first kappa shape index (κ1) is 56.1. The second-order valence-corrected chi connectivity index (χ2v) is 23.2. The summed E-state index contributed by atoms with van der Waals surface area (Å²) in [5, 5.41) is 34.5. The normalized spacial score (nSPS) is 17.4. The Morgan fingerprint density at radius 2 is 1.19 bits per heavy atom. The van der Waals surface area contributed by atoms with Crippen molar-refractivity contribution in [3.05, 3.63) is 132 Å². The van der Waals surface area contributed by atoms with Gasteiger partial charge in [-0.1, -0.05) is 65.8 Å². The van der Waals surface area contributed by atoms with Crippen LogP contribution in [-0.4, -0.2) is 114 Å². The lowest BCUT2D eigenvalue weighted by molar-refractivity contribution is -0.123. The molecule has 22 heteroatoms. The lowest BCUT2D eigenvalue weighted by atomic mass is 9.87. The third kappa shape index (κ3) is 14.0. The molecule has 3 N–H and O–H groups in total. The van der Waals surface area contributed by atoms with E-state index in [0.29, 0.717) is 48.3 Å². The molecule has 6 aromatic heterocycles. The SMILES string of the molecule is Cn1cc(Nc2nccc(-c3ccc4c(c3)CN(C3COC3)CCC4CC(=O)c3nnc(C(C)(C)C)o3)n2)cn1.Cn1cc(Nc2nccc(-c3ccc4c(c3)CNCCC4CC(=O)c3nnc(C(C)(C)C)o3)n2)cn1.O=C1CCC1. The van der Waals surface area contributed by atoms with E-state index in [-0.39, 0.29) is 46.0 Å². The average Bonchev–Trinajstić information content (AvgIpc) is 4.28. The van der Waals surface area contributed by atoms with Crippen molar-refractivity contribution < 1.29 is 28.0 Å². The molecule has 1 saturated heterocycles. The Kier molecular flexibility index (Phi) is 16.8. The van der Waals surface area contributed by atoms with Gasteiger partial charge in [0.05, 0.1) is 54.4 Å². The minimum Gasteiger partial charge on any atom is -0.418 e. The van der Waals surface area contributed by atoms with Gasteiger partial charge >= 0.3 is 0 Å². The monoisotopic (exact) mass is 1100 g/mol. The van der Waals surface area contributed by atoms with Crippen LogP contribution in [0.1, 0.15) is 154 Å². The molecular weight excluding hydrogens is 1030 g/mol. The maximum atomic E-state index is 13.3. The maximum Gasteiger partial charge on any atom is 0.284 e. The molecule has 4 aliphatic rings. The summed E-state index contributed by atoms with van der Waals surface area (Å²) in [4.78, 5) is 56.8. The standard InChI is InChI=1S/C29H34N8O3.C26H30N8O2.C4H6O/c1-29(2,3)27-35-34-26(40-27)25(38)12-18-8-10-37(22-16-39-17-22)14-20-11-19(5-6-23(18)20)24-7-9-30-28(33-24)32-21-13-31-36(4)15-21;1-26(2,3)24-33-32-23(36-24)22(35)12-16-7-9-27-13-18-11-17(5-6-20(16)18)21-8-10-28-25(31-21)30-19-14-29-34(4)15-19;5-4-2-1-3-4/h5-7,9,11,13,15,18,22H,8,10,12,14,16-17H2,1-4H3,(H,30,32,33);5-6,8,10-11,14-16,27H,7,9,12-13H2,1-4H3,(H,28,30,31);1-3H2. The van der Waals surface area contributed by atoms with Crippen LogP contribution in [0.3, 0.4) is 0 Å². The third-order valence-corrected chi connectivity index (χ3v) is 14.6. The van der Waals surface area contributed by atoms with Crippen LogP contribution in [0.15, 0.2) is 94.5 Å². The molecule has 0 radical (unpaired) electrons. The Morgan fingerprint density at radius 1 is 0.679 bits per heavy atom. The quantitative estimate of drug-likeness (QED) is 0.0908. The largest absolute Gasteiger partial charge is 0.418 e. The van der Waals surface area contributed by atoms with Crippen molar-refractivity contribution in [3.63, 3.8) is 0 Å². The molecular formula is C59H70N16O6. The van der Waals surface area contributed by atoms with Crippen LogP contribution in [0.25, 0.3) is 22.5 Å². The number of aromatic nitrogens is 12. The summed E-state index contributed by atoms with van der Waals surface area (Å²) in [6, 6.07) is 16.9. The van der Waals surface area contributed by atoms with Crippen LogP contribution >= 0.6 is 0 Å². The topological polar surface area (TPSA) is 265 Å². The van der Waals surface area contributed by atoms with E-state index < -0.39 is 0 Å². The number of fused-ring (bicyclic) bond motifs is 2. The molecule has 422 valence electrons. The number of rotatable bonds is 13. The number of anilines is 4. The molecule has 22 nitrogen and oxygen atoms in total. The minimum atomic E-state index is -0.309. The summed E-state index contributed by atoms with van der Waals surface area (Å²) in [5.41, 5.74) is 9.36. The highest BCUT2D eigenvalue weighted by atomic mass is 16.5. The molecule has 9 heterocycles. The molecule has 1 saturated carbocycles. The Morgan fingerprint density at radius 3 is 1.63 bits per heavy atom. The Balaban J connectivity index is 0.000000168. The van der Waals surface area contributed by atoms with Gasteiger partial charge < -0.3 is 29.5 Å². The van der Waals surface area contributed by atoms with Gasteiger partial charge in [0.1, 0.15) is 5.78 Å². The molecule has 1 aliphatic carbocycles. The van der Waals surface area contributed by atoms with Gasteiger partial charge in [-0.2, -0.15) is 10.2 Å². The van der Waals surface area contributed by atoms with Crippen LogP contribution in [0, 0.1) is 0 Å².